The Labute approximate surface area is 108 Å². The summed E-state index contributed by atoms with van der Waals surface area (Å²) in [6.45, 7) is 0. The van der Waals surface area contributed by atoms with Crippen molar-refractivity contribution >= 4 is 11.7 Å². The molecule has 0 saturated carbocycles. The summed E-state index contributed by atoms with van der Waals surface area (Å²) in [6.07, 6.45) is -0.130. The van der Waals surface area contributed by atoms with E-state index in [1.807, 2.05) is 0 Å². The van der Waals surface area contributed by atoms with Crippen molar-refractivity contribution in [1.82, 2.24) is 15.2 Å². The summed E-state index contributed by atoms with van der Waals surface area (Å²) in [4.78, 5) is 25.7. The Morgan fingerprint density at radius 1 is 1.32 bits per heavy atom. The van der Waals surface area contributed by atoms with E-state index in [9.17, 15) is 9.59 Å². The van der Waals surface area contributed by atoms with Gasteiger partial charge in [0, 0.05) is 5.56 Å². The zero-order valence-corrected chi connectivity index (χ0v) is 10.2. The summed E-state index contributed by atoms with van der Waals surface area (Å²) in [7, 11) is 1.54. The molecule has 0 atom stereocenters. The van der Waals surface area contributed by atoms with Crippen LogP contribution >= 0.6 is 0 Å². The van der Waals surface area contributed by atoms with Crippen LogP contribution in [0.25, 0.3) is 0 Å². The van der Waals surface area contributed by atoms with Gasteiger partial charge in [0.25, 0.3) is 5.56 Å². The van der Waals surface area contributed by atoms with Crippen molar-refractivity contribution in [1.29, 1.82) is 0 Å². The fourth-order valence-corrected chi connectivity index (χ4v) is 1.52. The van der Waals surface area contributed by atoms with Crippen molar-refractivity contribution in [3.8, 4) is 5.75 Å². The first-order valence-corrected chi connectivity index (χ1v) is 5.48. The summed E-state index contributed by atoms with van der Waals surface area (Å²) < 4.78 is 5.00. The molecule has 1 aromatic carbocycles. The van der Waals surface area contributed by atoms with Gasteiger partial charge in [-0.25, -0.2) is 0 Å². The molecule has 0 fully saturated rings. The molecule has 98 valence electrons. The molecule has 0 spiro atoms. The first-order valence-electron chi connectivity index (χ1n) is 5.48. The Hall–Kier alpha value is -2.70. The van der Waals surface area contributed by atoms with Gasteiger partial charge in [0.15, 0.2) is 5.78 Å². The number of anilines is 1. The molecule has 0 aliphatic rings. The molecular weight excluding hydrogens is 248 g/mol. The molecule has 7 heteroatoms. The van der Waals surface area contributed by atoms with Crippen LogP contribution in [0.2, 0.25) is 0 Å². The van der Waals surface area contributed by atoms with Crippen molar-refractivity contribution in [2.45, 2.75) is 6.42 Å². The van der Waals surface area contributed by atoms with Crippen LogP contribution in [-0.2, 0) is 6.42 Å². The van der Waals surface area contributed by atoms with Gasteiger partial charge in [-0.15, -0.1) is 10.2 Å². The predicted octanol–water partition coefficient (Wildman–Crippen LogP) is 0.181. The van der Waals surface area contributed by atoms with Gasteiger partial charge in [0.05, 0.1) is 13.5 Å². The second kappa shape index (κ2) is 5.30. The normalized spacial score (nSPS) is 10.2. The van der Waals surface area contributed by atoms with Crippen molar-refractivity contribution in [3.05, 3.63) is 45.9 Å². The molecule has 0 bridgehead atoms. The summed E-state index contributed by atoms with van der Waals surface area (Å²) >= 11 is 0. The molecule has 0 unspecified atom stereocenters. The number of nitrogens with two attached hydrogens (primary N) is 1. The van der Waals surface area contributed by atoms with E-state index in [1.54, 1.807) is 31.4 Å². The Bertz CT molecular complexity index is 649. The maximum absolute atomic E-state index is 12.0. The highest BCUT2D eigenvalue weighted by atomic mass is 16.5. The molecule has 2 rings (SSSR count). The molecular formula is C12H12N4O3. The van der Waals surface area contributed by atoms with Crippen LogP contribution in [0, 0.1) is 0 Å². The quantitative estimate of drug-likeness (QED) is 0.758. The van der Waals surface area contributed by atoms with Gasteiger partial charge in [-0.3, -0.25) is 14.6 Å². The topological polar surface area (TPSA) is 111 Å². The van der Waals surface area contributed by atoms with E-state index in [0.717, 1.165) is 0 Å². The number of hydrogen-bond acceptors (Lipinski definition) is 6. The first kappa shape index (κ1) is 12.7. The molecule has 0 amide bonds. The van der Waals surface area contributed by atoms with Crippen molar-refractivity contribution in [2.24, 2.45) is 0 Å². The van der Waals surface area contributed by atoms with Gasteiger partial charge in [-0.1, -0.05) is 0 Å². The van der Waals surface area contributed by atoms with Crippen LogP contribution in [0.1, 0.15) is 16.1 Å². The molecule has 7 nitrogen and oxygen atoms in total. The Morgan fingerprint density at radius 2 is 2.00 bits per heavy atom. The molecule has 1 aromatic heterocycles. The van der Waals surface area contributed by atoms with E-state index in [1.165, 1.54) is 0 Å². The number of H-pyrrole nitrogens is 1. The lowest BCUT2D eigenvalue weighted by atomic mass is 10.1. The lowest BCUT2D eigenvalue weighted by Crippen LogP contribution is -2.21. The van der Waals surface area contributed by atoms with Gasteiger partial charge in [-0.05, 0) is 24.3 Å². The van der Waals surface area contributed by atoms with Crippen molar-refractivity contribution in [2.75, 3.05) is 12.8 Å². The van der Waals surface area contributed by atoms with E-state index in [2.05, 4.69) is 15.2 Å². The average molecular weight is 260 g/mol. The van der Waals surface area contributed by atoms with Gasteiger partial charge in [0.1, 0.15) is 11.4 Å². The van der Waals surface area contributed by atoms with Gasteiger partial charge in [0.2, 0.25) is 5.95 Å². The minimum atomic E-state index is -0.505. The van der Waals surface area contributed by atoms with E-state index >= 15 is 0 Å². The number of rotatable bonds is 4. The molecule has 0 saturated heterocycles. The van der Waals surface area contributed by atoms with Crippen LogP contribution in [0.5, 0.6) is 5.75 Å². The molecule has 0 radical (unpaired) electrons. The number of aromatic amines is 1. The van der Waals surface area contributed by atoms with Crippen molar-refractivity contribution in [3.63, 3.8) is 0 Å². The smallest absolute Gasteiger partial charge is 0.274 e. The number of Topliss-reactive ketones (excluding diaryl/α,β-unsaturated/α-hetero) is 1. The predicted molar refractivity (Wildman–Crippen MR) is 68.1 cm³/mol. The third-order valence-corrected chi connectivity index (χ3v) is 2.52. The highest BCUT2D eigenvalue weighted by Crippen LogP contribution is 2.12. The summed E-state index contributed by atoms with van der Waals surface area (Å²) in [6, 6.07) is 6.60. The third-order valence-electron chi connectivity index (χ3n) is 2.52. The number of nitrogens with zero attached hydrogens (tertiary/aromatic N) is 2. The zero-order chi connectivity index (χ0) is 13.8. The van der Waals surface area contributed by atoms with Crippen molar-refractivity contribution < 1.29 is 9.53 Å². The second-order valence-electron chi connectivity index (χ2n) is 3.81. The molecule has 0 aliphatic heterocycles. The highest BCUT2D eigenvalue weighted by molar-refractivity contribution is 5.97. The monoisotopic (exact) mass is 260 g/mol. The van der Waals surface area contributed by atoms with Gasteiger partial charge in [-0.2, -0.15) is 0 Å². The number of methoxy groups -OCH3 is 1. The maximum atomic E-state index is 12.0. The van der Waals surface area contributed by atoms with Crippen LogP contribution in [0.4, 0.5) is 5.95 Å². The Kier molecular flexibility index (Phi) is 3.56. The van der Waals surface area contributed by atoms with Gasteiger partial charge >= 0.3 is 0 Å². The van der Waals surface area contributed by atoms with Crippen LogP contribution in [0.3, 0.4) is 0 Å². The number of aromatic nitrogens is 3. The summed E-state index contributed by atoms with van der Waals surface area (Å²) in [5.74, 6) is 0.347. The minimum absolute atomic E-state index is 0.0371. The standard InChI is InChI=1S/C12H12N4O3/c1-19-8-4-2-7(3-5-8)10(17)6-9-11(18)14-12(13)16-15-9/h2-5H,6H2,1H3,(H3,13,14,16,18). The minimum Gasteiger partial charge on any atom is -0.497 e. The number of nitrogen functional groups attached to an aromatic ring is 1. The van der Waals surface area contributed by atoms with E-state index in [0.29, 0.717) is 11.3 Å². The van der Waals surface area contributed by atoms with Gasteiger partial charge < -0.3 is 10.5 Å². The maximum Gasteiger partial charge on any atom is 0.274 e. The molecule has 2 aromatic rings. The fourth-order valence-electron chi connectivity index (χ4n) is 1.52. The lowest BCUT2D eigenvalue weighted by Gasteiger charge is -2.02. The number of ether oxygens (including phenoxy) is 1. The lowest BCUT2D eigenvalue weighted by molar-refractivity contribution is 0.0991. The van der Waals surface area contributed by atoms with Crippen LogP contribution in [0.15, 0.2) is 29.1 Å². The number of nitrogens with one attached hydrogen (secondary N) is 1. The van der Waals surface area contributed by atoms with E-state index in [-0.39, 0.29) is 23.8 Å². The number of hydrogen-bond donors (Lipinski definition) is 2. The number of benzene rings is 1. The number of carbonyl (C=O) groups excluding carboxylic acids is 1. The third kappa shape index (κ3) is 2.95. The van der Waals surface area contributed by atoms with Crippen LogP contribution in [-0.4, -0.2) is 28.1 Å². The average Bonchev–Trinajstić information content (AvgIpc) is 2.42. The number of carbonyl (C=O) groups is 1. The van der Waals surface area contributed by atoms with Crippen LogP contribution < -0.4 is 16.0 Å². The van der Waals surface area contributed by atoms with E-state index < -0.39 is 5.56 Å². The second-order valence-corrected chi connectivity index (χ2v) is 3.81. The SMILES string of the molecule is COc1ccc(C(=O)Cc2nnc(N)[nH]c2=O)cc1. The zero-order valence-electron chi connectivity index (χ0n) is 10.2. The largest absolute Gasteiger partial charge is 0.497 e. The molecule has 0 aliphatic carbocycles. The highest BCUT2D eigenvalue weighted by Gasteiger charge is 2.12. The van der Waals surface area contributed by atoms with E-state index in [4.69, 9.17) is 10.5 Å². The summed E-state index contributed by atoms with van der Waals surface area (Å²) in [5, 5.41) is 7.13. The molecule has 19 heavy (non-hydrogen) atoms. The first-order chi connectivity index (χ1) is 9.10. The molecule has 1 heterocycles. The molecule has 3 N–H and O–H groups in total. The number of ketones is 1. The summed E-state index contributed by atoms with van der Waals surface area (Å²) in [5.41, 5.74) is 5.28. The Morgan fingerprint density at radius 3 is 2.58 bits per heavy atom. The Balaban J connectivity index is 2.18. The fraction of sp³-hybridized carbons (Fsp3) is 0.167.